The minimum atomic E-state index is 0.256. The van der Waals surface area contributed by atoms with Gasteiger partial charge in [0.2, 0.25) is 0 Å². The number of carbonyl (C=O) groups is 1. The summed E-state index contributed by atoms with van der Waals surface area (Å²) in [4.78, 5) is 11.3. The van der Waals surface area contributed by atoms with Crippen LogP contribution in [0.3, 0.4) is 0 Å². The van der Waals surface area contributed by atoms with E-state index in [-0.39, 0.29) is 5.78 Å². The number of Topliss-reactive ketones (excluding diaryl/α,β-unsaturated/α-hetero) is 1. The van der Waals surface area contributed by atoms with E-state index in [0.717, 1.165) is 17.1 Å². The number of para-hydroxylation sites is 1. The van der Waals surface area contributed by atoms with Crippen molar-refractivity contribution in [1.29, 1.82) is 0 Å². The van der Waals surface area contributed by atoms with Gasteiger partial charge in [-0.2, -0.15) is 0 Å². The van der Waals surface area contributed by atoms with Crippen LogP contribution in [0.5, 0.6) is 11.5 Å². The summed E-state index contributed by atoms with van der Waals surface area (Å²) in [7, 11) is 0. The van der Waals surface area contributed by atoms with Crippen molar-refractivity contribution in [3.8, 4) is 11.5 Å². The zero-order valence-electron chi connectivity index (χ0n) is 10.4. The summed E-state index contributed by atoms with van der Waals surface area (Å²) in [5, 5.41) is 0. The van der Waals surface area contributed by atoms with Gasteiger partial charge in [0.05, 0.1) is 0 Å². The topological polar surface area (TPSA) is 26.3 Å². The first-order valence-electron chi connectivity index (χ1n) is 6.11. The maximum atomic E-state index is 11.3. The number of ketones is 1. The van der Waals surface area contributed by atoms with Crippen LogP contribution in [0.1, 0.15) is 18.9 Å². The Morgan fingerprint density at radius 3 is 2.17 bits per heavy atom. The summed E-state index contributed by atoms with van der Waals surface area (Å²) in [6, 6.07) is 17.3. The van der Waals surface area contributed by atoms with Crippen molar-refractivity contribution in [3.63, 3.8) is 0 Å². The molecule has 0 saturated carbocycles. The summed E-state index contributed by atoms with van der Waals surface area (Å²) >= 11 is 0. The van der Waals surface area contributed by atoms with Crippen molar-refractivity contribution in [3.05, 3.63) is 60.2 Å². The van der Waals surface area contributed by atoms with Crippen LogP contribution in [-0.4, -0.2) is 5.78 Å². The predicted molar refractivity (Wildman–Crippen MR) is 72.0 cm³/mol. The monoisotopic (exact) mass is 240 g/mol. The molecule has 0 aliphatic rings. The van der Waals surface area contributed by atoms with Crippen LogP contribution in [-0.2, 0) is 11.2 Å². The van der Waals surface area contributed by atoms with E-state index in [9.17, 15) is 4.79 Å². The van der Waals surface area contributed by atoms with E-state index >= 15 is 0 Å². The van der Waals surface area contributed by atoms with E-state index in [4.69, 9.17) is 4.74 Å². The van der Waals surface area contributed by atoms with Crippen LogP contribution < -0.4 is 4.74 Å². The van der Waals surface area contributed by atoms with Gasteiger partial charge >= 0.3 is 0 Å². The van der Waals surface area contributed by atoms with Crippen molar-refractivity contribution in [2.24, 2.45) is 0 Å². The van der Waals surface area contributed by atoms with Gasteiger partial charge in [0.1, 0.15) is 17.3 Å². The van der Waals surface area contributed by atoms with Crippen molar-refractivity contribution >= 4 is 5.78 Å². The lowest BCUT2D eigenvalue weighted by molar-refractivity contribution is -0.118. The quantitative estimate of drug-likeness (QED) is 0.789. The summed E-state index contributed by atoms with van der Waals surface area (Å²) in [5.41, 5.74) is 1.03. The van der Waals surface area contributed by atoms with Gasteiger partial charge in [-0.25, -0.2) is 0 Å². The summed E-state index contributed by atoms with van der Waals surface area (Å²) in [6.45, 7) is 1.88. The Labute approximate surface area is 107 Å². The molecule has 0 aliphatic carbocycles. The molecule has 0 amide bonds. The van der Waals surface area contributed by atoms with Crippen molar-refractivity contribution in [1.82, 2.24) is 0 Å². The van der Waals surface area contributed by atoms with Crippen molar-refractivity contribution in [2.45, 2.75) is 19.8 Å². The molecule has 0 atom stereocenters. The van der Waals surface area contributed by atoms with Crippen molar-refractivity contribution in [2.75, 3.05) is 0 Å². The van der Waals surface area contributed by atoms with Crippen LogP contribution in [0.25, 0.3) is 0 Å². The Kier molecular flexibility index (Phi) is 4.13. The maximum absolute atomic E-state index is 11.3. The highest BCUT2D eigenvalue weighted by molar-refractivity contribution is 5.80. The Balaban J connectivity index is 2.02. The molecule has 2 aromatic rings. The summed E-state index contributed by atoms with van der Waals surface area (Å²) < 4.78 is 5.68. The van der Waals surface area contributed by atoms with Crippen LogP contribution >= 0.6 is 0 Å². The molecular weight excluding hydrogens is 224 g/mol. The fourth-order valence-corrected chi connectivity index (χ4v) is 1.65. The SMILES string of the molecule is CCC(=O)Cc1ccc(Oc2ccccc2)cc1. The molecule has 2 heteroatoms. The number of carbonyl (C=O) groups excluding carboxylic acids is 1. The van der Waals surface area contributed by atoms with E-state index in [1.807, 2.05) is 61.5 Å². The molecule has 0 aromatic heterocycles. The van der Waals surface area contributed by atoms with E-state index in [1.165, 1.54) is 0 Å². The van der Waals surface area contributed by atoms with E-state index in [2.05, 4.69) is 0 Å². The predicted octanol–water partition coefficient (Wildman–Crippen LogP) is 4.00. The average molecular weight is 240 g/mol. The van der Waals surface area contributed by atoms with E-state index in [1.54, 1.807) is 0 Å². The summed E-state index contributed by atoms with van der Waals surface area (Å²) in [5.74, 6) is 1.86. The Hall–Kier alpha value is -2.09. The molecule has 0 radical (unpaired) electrons. The molecular formula is C16H16O2. The van der Waals surface area contributed by atoms with Gasteiger partial charge in [-0.1, -0.05) is 37.3 Å². The second-order valence-corrected chi connectivity index (χ2v) is 4.13. The van der Waals surface area contributed by atoms with Gasteiger partial charge < -0.3 is 4.74 Å². The first-order valence-corrected chi connectivity index (χ1v) is 6.11. The molecule has 0 bridgehead atoms. The third-order valence-corrected chi connectivity index (χ3v) is 2.70. The number of ether oxygens (including phenoxy) is 1. The molecule has 18 heavy (non-hydrogen) atoms. The van der Waals surface area contributed by atoms with Gasteiger partial charge in [0.25, 0.3) is 0 Å². The van der Waals surface area contributed by atoms with Gasteiger partial charge in [-0.05, 0) is 29.8 Å². The van der Waals surface area contributed by atoms with Crippen molar-refractivity contribution < 1.29 is 9.53 Å². The third-order valence-electron chi connectivity index (χ3n) is 2.70. The highest BCUT2D eigenvalue weighted by Crippen LogP contribution is 2.21. The standard InChI is InChI=1S/C16H16O2/c1-2-14(17)12-13-8-10-16(11-9-13)18-15-6-4-3-5-7-15/h3-11H,2,12H2,1H3. The van der Waals surface area contributed by atoms with Crippen LogP contribution in [0.4, 0.5) is 0 Å². The Bertz CT molecular complexity index is 500. The van der Waals surface area contributed by atoms with Gasteiger partial charge in [-0.15, -0.1) is 0 Å². The second kappa shape index (κ2) is 6.01. The molecule has 92 valence electrons. The van der Waals surface area contributed by atoms with Gasteiger partial charge in [0, 0.05) is 12.8 Å². The highest BCUT2D eigenvalue weighted by atomic mass is 16.5. The first-order chi connectivity index (χ1) is 8.78. The number of hydrogen-bond donors (Lipinski definition) is 0. The smallest absolute Gasteiger partial charge is 0.136 e. The fraction of sp³-hybridized carbons (Fsp3) is 0.188. The van der Waals surface area contributed by atoms with Gasteiger partial charge in [0.15, 0.2) is 0 Å². The molecule has 2 aromatic carbocycles. The molecule has 0 aliphatic heterocycles. The Morgan fingerprint density at radius 1 is 0.944 bits per heavy atom. The van der Waals surface area contributed by atoms with E-state index in [0.29, 0.717) is 12.8 Å². The minimum absolute atomic E-state index is 0.256. The second-order valence-electron chi connectivity index (χ2n) is 4.13. The molecule has 0 saturated heterocycles. The normalized spacial score (nSPS) is 10.1. The number of benzene rings is 2. The summed E-state index contributed by atoms with van der Waals surface area (Å²) in [6.07, 6.45) is 1.09. The molecule has 0 N–H and O–H groups in total. The lowest BCUT2D eigenvalue weighted by Crippen LogP contribution is -1.99. The first kappa shape index (κ1) is 12.4. The highest BCUT2D eigenvalue weighted by Gasteiger charge is 2.01. The molecule has 0 spiro atoms. The largest absolute Gasteiger partial charge is 0.457 e. The van der Waals surface area contributed by atoms with Crippen LogP contribution in [0, 0.1) is 0 Å². The van der Waals surface area contributed by atoms with E-state index < -0.39 is 0 Å². The maximum Gasteiger partial charge on any atom is 0.136 e. The fourth-order valence-electron chi connectivity index (χ4n) is 1.65. The zero-order valence-corrected chi connectivity index (χ0v) is 10.4. The lowest BCUT2D eigenvalue weighted by atomic mass is 10.1. The third kappa shape index (κ3) is 3.45. The Morgan fingerprint density at radius 2 is 1.56 bits per heavy atom. The molecule has 2 rings (SSSR count). The lowest BCUT2D eigenvalue weighted by Gasteiger charge is -2.06. The molecule has 2 nitrogen and oxygen atoms in total. The number of rotatable bonds is 5. The van der Waals surface area contributed by atoms with Gasteiger partial charge in [-0.3, -0.25) is 4.79 Å². The minimum Gasteiger partial charge on any atom is -0.457 e. The van der Waals surface area contributed by atoms with Crippen LogP contribution in [0.15, 0.2) is 54.6 Å². The molecule has 0 heterocycles. The number of hydrogen-bond acceptors (Lipinski definition) is 2. The van der Waals surface area contributed by atoms with Crippen LogP contribution in [0.2, 0.25) is 0 Å². The molecule has 0 unspecified atom stereocenters. The molecule has 0 fully saturated rings. The zero-order chi connectivity index (χ0) is 12.8. The average Bonchev–Trinajstić information content (AvgIpc) is 2.42.